The average molecular weight is 244 g/mol. The number of nitrogens with zero attached hydrogens (tertiary/aromatic N) is 1. The van der Waals surface area contributed by atoms with Crippen LogP contribution in [0.3, 0.4) is 0 Å². The first-order chi connectivity index (χ1) is 8.63. The zero-order valence-corrected chi connectivity index (χ0v) is 10.8. The van der Waals surface area contributed by atoms with Crippen LogP contribution < -0.4 is 10.3 Å². The second-order valence-electron chi connectivity index (χ2n) is 4.05. The second-order valence-corrected chi connectivity index (χ2v) is 4.05. The number of aryl methyl sites for hydroxylation is 1. The van der Waals surface area contributed by atoms with Crippen molar-refractivity contribution in [2.24, 2.45) is 0 Å². The summed E-state index contributed by atoms with van der Waals surface area (Å²) in [4.78, 5) is 18.9. The van der Waals surface area contributed by atoms with Crippen LogP contribution in [-0.2, 0) is 0 Å². The van der Waals surface area contributed by atoms with Gasteiger partial charge in [0.1, 0.15) is 11.6 Å². The van der Waals surface area contributed by atoms with Gasteiger partial charge in [0.25, 0.3) is 5.56 Å². The highest BCUT2D eigenvalue weighted by atomic mass is 16.5. The summed E-state index contributed by atoms with van der Waals surface area (Å²) in [6.07, 6.45) is 0. The normalized spacial score (nSPS) is 10.4. The Morgan fingerprint density at radius 2 is 2.00 bits per heavy atom. The summed E-state index contributed by atoms with van der Waals surface area (Å²) in [5.74, 6) is 1.35. The van der Waals surface area contributed by atoms with E-state index in [0.29, 0.717) is 23.7 Å². The van der Waals surface area contributed by atoms with Crippen molar-refractivity contribution < 1.29 is 4.74 Å². The molecule has 1 N–H and O–H groups in total. The first kappa shape index (κ1) is 12.4. The Labute approximate surface area is 106 Å². The minimum Gasteiger partial charge on any atom is -0.493 e. The lowest BCUT2D eigenvalue weighted by molar-refractivity contribution is 0.341. The van der Waals surface area contributed by atoms with Crippen molar-refractivity contribution >= 4 is 0 Å². The van der Waals surface area contributed by atoms with Crippen LogP contribution >= 0.6 is 0 Å². The Kier molecular flexibility index (Phi) is 3.46. The van der Waals surface area contributed by atoms with Crippen molar-refractivity contribution in [3.8, 4) is 17.0 Å². The molecule has 0 amide bonds. The maximum Gasteiger partial charge on any atom is 0.254 e. The topological polar surface area (TPSA) is 55.0 Å². The number of para-hydroxylation sites is 1. The predicted octanol–water partition coefficient (Wildman–Crippen LogP) is 2.45. The third-order valence-corrected chi connectivity index (χ3v) is 2.71. The van der Waals surface area contributed by atoms with Gasteiger partial charge < -0.3 is 9.72 Å². The van der Waals surface area contributed by atoms with E-state index in [9.17, 15) is 4.79 Å². The van der Waals surface area contributed by atoms with Gasteiger partial charge >= 0.3 is 0 Å². The third-order valence-electron chi connectivity index (χ3n) is 2.71. The summed E-state index contributed by atoms with van der Waals surface area (Å²) < 4.78 is 5.57. The van der Waals surface area contributed by atoms with E-state index in [1.807, 2.05) is 31.2 Å². The Morgan fingerprint density at radius 1 is 1.28 bits per heavy atom. The van der Waals surface area contributed by atoms with Crippen LogP contribution in [0.4, 0.5) is 0 Å². The number of ether oxygens (including phenoxy) is 1. The van der Waals surface area contributed by atoms with Crippen LogP contribution in [0.25, 0.3) is 11.3 Å². The van der Waals surface area contributed by atoms with E-state index in [4.69, 9.17) is 4.74 Å². The first-order valence-corrected chi connectivity index (χ1v) is 5.93. The molecule has 0 saturated carbocycles. The Balaban J connectivity index is 2.65. The third kappa shape index (κ3) is 2.27. The Bertz CT molecular complexity index is 617. The molecule has 0 aliphatic carbocycles. The van der Waals surface area contributed by atoms with Gasteiger partial charge in [0, 0.05) is 11.1 Å². The first-order valence-electron chi connectivity index (χ1n) is 5.93. The zero-order chi connectivity index (χ0) is 13.1. The summed E-state index contributed by atoms with van der Waals surface area (Å²) in [6.45, 7) is 6.05. The number of hydrogen-bond donors (Lipinski definition) is 1. The van der Waals surface area contributed by atoms with E-state index in [1.165, 1.54) is 0 Å². The number of H-pyrrole nitrogens is 1. The number of aromatic amines is 1. The molecule has 94 valence electrons. The predicted molar refractivity (Wildman–Crippen MR) is 70.9 cm³/mol. The molecule has 1 aromatic heterocycles. The van der Waals surface area contributed by atoms with Crippen LogP contribution in [0, 0.1) is 13.8 Å². The van der Waals surface area contributed by atoms with Crippen molar-refractivity contribution in [3.05, 3.63) is 46.0 Å². The van der Waals surface area contributed by atoms with Crippen LogP contribution in [-0.4, -0.2) is 16.6 Å². The molecule has 0 bridgehead atoms. The summed E-state index contributed by atoms with van der Waals surface area (Å²) in [6, 6.07) is 7.62. The van der Waals surface area contributed by atoms with Gasteiger partial charge in [-0.3, -0.25) is 4.79 Å². The SMILES string of the molecule is CCOc1ccccc1-c1nc(C)[nH]c(=O)c1C. The summed E-state index contributed by atoms with van der Waals surface area (Å²) in [5, 5.41) is 0. The number of aromatic nitrogens is 2. The van der Waals surface area contributed by atoms with Crippen LogP contribution in [0.1, 0.15) is 18.3 Å². The summed E-state index contributed by atoms with van der Waals surface area (Å²) in [7, 11) is 0. The largest absolute Gasteiger partial charge is 0.493 e. The fraction of sp³-hybridized carbons (Fsp3) is 0.286. The number of nitrogens with one attached hydrogen (secondary N) is 1. The molecule has 18 heavy (non-hydrogen) atoms. The minimum atomic E-state index is -0.108. The van der Waals surface area contributed by atoms with Gasteiger partial charge in [-0.15, -0.1) is 0 Å². The Hall–Kier alpha value is -2.10. The smallest absolute Gasteiger partial charge is 0.254 e. The number of hydrogen-bond acceptors (Lipinski definition) is 3. The zero-order valence-electron chi connectivity index (χ0n) is 10.8. The molecule has 0 unspecified atom stereocenters. The van der Waals surface area contributed by atoms with Crippen molar-refractivity contribution in [2.45, 2.75) is 20.8 Å². The Morgan fingerprint density at radius 3 is 2.72 bits per heavy atom. The van der Waals surface area contributed by atoms with Gasteiger partial charge in [0.15, 0.2) is 0 Å². The molecule has 0 aliphatic rings. The van der Waals surface area contributed by atoms with E-state index < -0.39 is 0 Å². The van der Waals surface area contributed by atoms with E-state index in [0.717, 1.165) is 11.3 Å². The molecule has 1 aromatic carbocycles. The molecule has 0 spiro atoms. The van der Waals surface area contributed by atoms with E-state index in [2.05, 4.69) is 9.97 Å². The highest BCUT2D eigenvalue weighted by Crippen LogP contribution is 2.29. The molecule has 1 heterocycles. The molecular weight excluding hydrogens is 228 g/mol. The molecule has 4 heteroatoms. The summed E-state index contributed by atoms with van der Waals surface area (Å²) >= 11 is 0. The van der Waals surface area contributed by atoms with Gasteiger partial charge in [-0.1, -0.05) is 12.1 Å². The lowest BCUT2D eigenvalue weighted by atomic mass is 10.1. The lowest BCUT2D eigenvalue weighted by Gasteiger charge is -2.11. The van der Waals surface area contributed by atoms with E-state index >= 15 is 0 Å². The monoisotopic (exact) mass is 244 g/mol. The van der Waals surface area contributed by atoms with Crippen LogP contribution in [0.15, 0.2) is 29.1 Å². The molecule has 0 atom stereocenters. The molecule has 4 nitrogen and oxygen atoms in total. The van der Waals surface area contributed by atoms with Gasteiger partial charge in [-0.25, -0.2) is 4.98 Å². The molecule has 2 rings (SSSR count). The van der Waals surface area contributed by atoms with Crippen LogP contribution in [0.2, 0.25) is 0 Å². The molecular formula is C14H16N2O2. The molecule has 0 saturated heterocycles. The fourth-order valence-electron chi connectivity index (χ4n) is 1.85. The van der Waals surface area contributed by atoms with Gasteiger partial charge in [-0.2, -0.15) is 0 Å². The molecule has 0 fully saturated rings. The van der Waals surface area contributed by atoms with Gasteiger partial charge in [-0.05, 0) is 32.9 Å². The van der Waals surface area contributed by atoms with Crippen molar-refractivity contribution in [3.63, 3.8) is 0 Å². The van der Waals surface area contributed by atoms with E-state index in [1.54, 1.807) is 13.8 Å². The standard InChI is InChI=1S/C14H16N2O2/c1-4-18-12-8-6-5-7-11(12)13-9(2)14(17)16-10(3)15-13/h5-8H,4H2,1-3H3,(H,15,16,17). The van der Waals surface area contributed by atoms with Crippen molar-refractivity contribution in [1.29, 1.82) is 0 Å². The fourth-order valence-corrected chi connectivity index (χ4v) is 1.85. The maximum absolute atomic E-state index is 11.8. The number of benzene rings is 1. The molecule has 0 radical (unpaired) electrons. The molecule has 0 aliphatic heterocycles. The van der Waals surface area contributed by atoms with Gasteiger partial charge in [0.05, 0.1) is 12.3 Å². The van der Waals surface area contributed by atoms with Crippen molar-refractivity contribution in [2.75, 3.05) is 6.61 Å². The van der Waals surface area contributed by atoms with Crippen LogP contribution in [0.5, 0.6) is 5.75 Å². The number of rotatable bonds is 3. The second kappa shape index (κ2) is 5.04. The lowest BCUT2D eigenvalue weighted by Crippen LogP contribution is -2.14. The minimum absolute atomic E-state index is 0.108. The summed E-state index contributed by atoms with van der Waals surface area (Å²) in [5.41, 5.74) is 2.03. The van der Waals surface area contributed by atoms with Gasteiger partial charge in [0.2, 0.25) is 0 Å². The van der Waals surface area contributed by atoms with E-state index in [-0.39, 0.29) is 5.56 Å². The van der Waals surface area contributed by atoms with Crippen molar-refractivity contribution in [1.82, 2.24) is 9.97 Å². The quantitative estimate of drug-likeness (QED) is 0.902. The highest BCUT2D eigenvalue weighted by molar-refractivity contribution is 5.69. The maximum atomic E-state index is 11.8. The molecule has 2 aromatic rings. The highest BCUT2D eigenvalue weighted by Gasteiger charge is 2.12. The average Bonchev–Trinajstić information content (AvgIpc) is 2.35.